The number of likely N-dealkylation sites (tertiary alicyclic amines) is 2. The summed E-state index contributed by atoms with van der Waals surface area (Å²) in [7, 11) is 4.26. The fourth-order valence-electron chi connectivity index (χ4n) is 12.9. The quantitative estimate of drug-likeness (QED) is 0.273. The Balaban J connectivity index is 0.000000138. The molecule has 4 aliphatic carbocycles. The lowest BCUT2D eigenvalue weighted by molar-refractivity contribution is -0.188. The number of phenolic OH excluding ortho intramolecular Hbond substituents is 2. The largest absolute Gasteiger partial charge is 0.504 e. The molecule has 10 heteroatoms. The number of likely N-dealkylation sites (N-methyl/N-ethyl adjacent to an activating group) is 2. The molecule has 0 radical (unpaired) electrons. The molecule has 2 unspecified atom stereocenters. The zero-order valence-electron chi connectivity index (χ0n) is 32.3. The van der Waals surface area contributed by atoms with Crippen molar-refractivity contribution in [3.8, 4) is 23.0 Å². The van der Waals surface area contributed by atoms with Gasteiger partial charge in [-0.2, -0.15) is 0 Å². The van der Waals surface area contributed by atoms with Crippen LogP contribution in [0.2, 0.25) is 0 Å². The van der Waals surface area contributed by atoms with E-state index in [1.807, 2.05) is 12.1 Å². The smallest absolute Gasteiger partial charge is 0.165 e. The normalized spacial score (nSPS) is 40.9. The second-order valence-electron chi connectivity index (χ2n) is 19.7. The Morgan fingerprint density at radius 3 is 1.38 bits per heavy atom. The highest BCUT2D eigenvalue weighted by molar-refractivity contribution is 5.64. The molecule has 4 bridgehead atoms. The summed E-state index contributed by atoms with van der Waals surface area (Å²) in [5.41, 5.74) is 2.15. The van der Waals surface area contributed by atoms with Crippen LogP contribution in [0, 0.1) is 0 Å². The van der Waals surface area contributed by atoms with E-state index in [1.165, 1.54) is 11.1 Å². The minimum absolute atomic E-state index is 0.0285. The average molecular weight is 717 g/mol. The van der Waals surface area contributed by atoms with E-state index in [0.29, 0.717) is 11.5 Å². The van der Waals surface area contributed by atoms with E-state index < -0.39 is 22.0 Å². The van der Waals surface area contributed by atoms with Gasteiger partial charge in [0.05, 0.1) is 22.0 Å². The molecule has 2 saturated heterocycles. The Hall–Kier alpha value is -2.60. The molecular weight excluding hydrogens is 656 g/mol. The van der Waals surface area contributed by atoms with Gasteiger partial charge in [0.25, 0.3) is 0 Å². The van der Waals surface area contributed by atoms with E-state index in [0.717, 1.165) is 75.6 Å². The summed E-state index contributed by atoms with van der Waals surface area (Å²) in [6.07, 6.45) is 6.41. The highest BCUT2D eigenvalue weighted by Gasteiger charge is 2.74. The summed E-state index contributed by atoms with van der Waals surface area (Å²) >= 11 is 0. The van der Waals surface area contributed by atoms with Crippen molar-refractivity contribution in [1.82, 2.24) is 20.4 Å². The summed E-state index contributed by atoms with van der Waals surface area (Å²) in [4.78, 5) is 4.65. The molecule has 10 nitrogen and oxygen atoms in total. The second kappa shape index (κ2) is 11.0. The lowest BCUT2D eigenvalue weighted by Gasteiger charge is -2.64. The number of piperidine rings is 2. The third-order valence-electron chi connectivity index (χ3n) is 14.7. The van der Waals surface area contributed by atoms with Crippen molar-refractivity contribution in [2.24, 2.45) is 0 Å². The molecule has 2 spiro atoms. The SMILES string of the molecule is CN1CC[C@]23c4c5ccc(O)c4O[C@H]2[C@@H](NC(C)(C)C)CC[C@@]3(O)C1C5.CN1CC[C@]23c4c5ccc(O)c4O[C@H]2[C@H](NC(C)(C)C)CC[C@@]3(O)C1C5. The van der Waals surface area contributed by atoms with Gasteiger partial charge in [-0.1, -0.05) is 12.1 Å². The van der Waals surface area contributed by atoms with Crippen molar-refractivity contribution >= 4 is 0 Å². The molecule has 10 rings (SSSR count). The Morgan fingerprint density at radius 2 is 1.02 bits per heavy atom. The van der Waals surface area contributed by atoms with Crippen molar-refractivity contribution in [1.29, 1.82) is 0 Å². The molecule has 0 amide bonds. The van der Waals surface area contributed by atoms with Crippen LogP contribution in [0.1, 0.15) is 102 Å². The van der Waals surface area contributed by atoms with Crippen LogP contribution in [0.25, 0.3) is 0 Å². The van der Waals surface area contributed by atoms with E-state index in [-0.39, 0.29) is 59.0 Å². The molecule has 2 aromatic carbocycles. The first-order valence-electron chi connectivity index (χ1n) is 19.8. The molecule has 4 aliphatic heterocycles. The van der Waals surface area contributed by atoms with Crippen molar-refractivity contribution in [3.63, 3.8) is 0 Å². The van der Waals surface area contributed by atoms with Gasteiger partial charge in [-0.25, -0.2) is 0 Å². The maximum atomic E-state index is 12.1. The van der Waals surface area contributed by atoms with Crippen LogP contribution in [0.15, 0.2) is 24.3 Å². The summed E-state index contributed by atoms with van der Waals surface area (Å²) < 4.78 is 13.0. The van der Waals surface area contributed by atoms with E-state index in [4.69, 9.17) is 9.47 Å². The van der Waals surface area contributed by atoms with E-state index >= 15 is 0 Å². The number of phenols is 2. The molecule has 4 fully saturated rings. The fraction of sp³-hybridized carbons (Fsp3) is 0.714. The molecule has 8 aliphatic rings. The second-order valence-corrected chi connectivity index (χ2v) is 19.7. The Kier molecular flexibility index (Phi) is 7.43. The predicted octanol–water partition coefficient (Wildman–Crippen LogP) is 3.87. The molecule has 284 valence electrons. The van der Waals surface area contributed by atoms with Gasteiger partial charge < -0.3 is 50.3 Å². The number of rotatable bonds is 2. The minimum Gasteiger partial charge on any atom is -0.504 e. The number of aromatic hydroxyl groups is 2. The molecule has 4 heterocycles. The zero-order chi connectivity index (χ0) is 37.0. The maximum absolute atomic E-state index is 12.1. The van der Waals surface area contributed by atoms with Crippen molar-refractivity contribution in [2.45, 2.75) is 162 Å². The van der Waals surface area contributed by atoms with Crippen LogP contribution in [0.3, 0.4) is 0 Å². The predicted molar refractivity (Wildman–Crippen MR) is 200 cm³/mol. The third-order valence-corrected chi connectivity index (χ3v) is 14.7. The van der Waals surface area contributed by atoms with Gasteiger partial charge in [0, 0.05) is 46.4 Å². The lowest BCUT2D eigenvalue weighted by atomic mass is 9.48. The highest BCUT2D eigenvalue weighted by Crippen LogP contribution is 2.67. The van der Waals surface area contributed by atoms with Crippen LogP contribution < -0.4 is 20.1 Å². The van der Waals surface area contributed by atoms with Crippen molar-refractivity contribution < 1.29 is 29.9 Å². The topological polar surface area (TPSA) is 130 Å². The average Bonchev–Trinajstić information content (AvgIpc) is 3.60. The van der Waals surface area contributed by atoms with E-state index in [2.05, 4.69) is 76.1 Å². The summed E-state index contributed by atoms with van der Waals surface area (Å²) in [5, 5.41) is 52.7. The molecule has 2 saturated carbocycles. The van der Waals surface area contributed by atoms with Crippen LogP contribution >= 0.6 is 0 Å². The van der Waals surface area contributed by atoms with Gasteiger partial charge in [0.1, 0.15) is 12.2 Å². The van der Waals surface area contributed by atoms with Crippen LogP contribution in [-0.4, -0.2) is 116 Å². The van der Waals surface area contributed by atoms with Crippen LogP contribution in [0.4, 0.5) is 0 Å². The fourth-order valence-corrected chi connectivity index (χ4v) is 12.9. The number of benzene rings is 2. The number of aliphatic hydroxyl groups is 2. The summed E-state index contributed by atoms with van der Waals surface area (Å²) in [5.74, 6) is 1.66. The van der Waals surface area contributed by atoms with Gasteiger partial charge in [-0.05, 0) is 143 Å². The van der Waals surface area contributed by atoms with Crippen LogP contribution in [0.5, 0.6) is 23.0 Å². The molecular formula is C42H60N4O6. The monoisotopic (exact) mass is 716 g/mol. The number of nitrogens with one attached hydrogen (secondary N) is 2. The molecule has 6 N–H and O–H groups in total. The standard InChI is InChI=1S/2C21H30N2O3/c2*1-19(2,3)22-13-7-8-21(25)15-11-12-5-6-14(24)17-16(12)20(21,18(13)26-17)9-10-23(15)4/h2*5-6,13,15,18,22,24-25H,7-11H2,1-4H3/t13-,15?,18+,20+,21-;13-,15?,18-,20-,21+/m10/s1. The molecule has 52 heavy (non-hydrogen) atoms. The highest BCUT2D eigenvalue weighted by atomic mass is 16.5. The van der Waals surface area contributed by atoms with E-state index in [9.17, 15) is 20.4 Å². The summed E-state index contributed by atoms with van der Waals surface area (Å²) in [6.45, 7) is 14.9. The zero-order valence-corrected chi connectivity index (χ0v) is 32.3. The van der Waals surface area contributed by atoms with Crippen molar-refractivity contribution in [3.05, 3.63) is 46.5 Å². The number of hydrogen-bond donors (Lipinski definition) is 6. The Morgan fingerprint density at radius 1 is 0.635 bits per heavy atom. The van der Waals surface area contributed by atoms with Gasteiger partial charge in [-0.15, -0.1) is 0 Å². The number of ether oxygens (including phenoxy) is 2. The number of nitrogens with zero attached hydrogens (tertiary/aromatic N) is 2. The Bertz CT molecular complexity index is 1680. The number of hydrogen-bond acceptors (Lipinski definition) is 10. The maximum Gasteiger partial charge on any atom is 0.165 e. The van der Waals surface area contributed by atoms with Gasteiger partial charge in [0.2, 0.25) is 0 Å². The van der Waals surface area contributed by atoms with Gasteiger partial charge in [0.15, 0.2) is 23.0 Å². The molecule has 10 atom stereocenters. The summed E-state index contributed by atoms with van der Waals surface area (Å²) in [6, 6.07) is 8.14. The van der Waals surface area contributed by atoms with Gasteiger partial charge in [-0.3, -0.25) is 0 Å². The first-order valence-corrected chi connectivity index (χ1v) is 19.8. The first kappa shape index (κ1) is 35.1. The van der Waals surface area contributed by atoms with Crippen molar-refractivity contribution in [2.75, 3.05) is 27.2 Å². The third kappa shape index (κ3) is 4.45. The first-order chi connectivity index (χ1) is 24.3. The lowest BCUT2D eigenvalue weighted by Crippen LogP contribution is -2.78. The molecule has 0 aromatic heterocycles. The van der Waals surface area contributed by atoms with E-state index in [1.54, 1.807) is 12.1 Å². The van der Waals surface area contributed by atoms with Gasteiger partial charge >= 0.3 is 0 Å². The molecule has 2 aromatic rings. The van der Waals surface area contributed by atoms with Crippen LogP contribution in [-0.2, 0) is 23.7 Å². The Labute approximate surface area is 308 Å². The minimum atomic E-state index is -0.799.